The van der Waals surface area contributed by atoms with Crippen molar-refractivity contribution in [3.63, 3.8) is 0 Å². The van der Waals surface area contributed by atoms with E-state index in [1.807, 2.05) is 30.3 Å². The Morgan fingerprint density at radius 3 is 2.54 bits per heavy atom. The predicted octanol–water partition coefficient (Wildman–Crippen LogP) is 2.02. The van der Waals surface area contributed by atoms with Gasteiger partial charge >= 0.3 is 0 Å². The molecule has 136 valence electrons. The number of hydrogen-bond acceptors (Lipinski definition) is 6. The quantitative estimate of drug-likeness (QED) is 0.636. The van der Waals surface area contributed by atoms with Gasteiger partial charge in [0.15, 0.2) is 5.70 Å². The highest BCUT2D eigenvalue weighted by Gasteiger charge is 2.35. The van der Waals surface area contributed by atoms with Crippen LogP contribution in [-0.4, -0.2) is 41.0 Å². The van der Waals surface area contributed by atoms with Gasteiger partial charge in [0.2, 0.25) is 5.91 Å². The van der Waals surface area contributed by atoms with Crippen molar-refractivity contribution in [3.8, 4) is 0 Å². The van der Waals surface area contributed by atoms with Gasteiger partial charge in [-0.05, 0) is 18.4 Å². The molecule has 2 amide bonds. The Balaban J connectivity index is 1.62. The number of hydrogen-bond donors (Lipinski definition) is 2. The first-order valence-corrected chi connectivity index (χ1v) is 8.64. The Bertz CT molecular complexity index is 737. The average molecular weight is 354 g/mol. The van der Waals surface area contributed by atoms with Crippen molar-refractivity contribution in [1.82, 2.24) is 9.91 Å². The average Bonchev–Trinajstić information content (AvgIpc) is 3.19. The lowest BCUT2D eigenvalue weighted by atomic mass is 9.94. The smallest absolute Gasteiger partial charge is 0.275 e. The molecule has 8 nitrogen and oxygen atoms in total. The number of amides is 2. The van der Waals surface area contributed by atoms with E-state index in [-0.39, 0.29) is 29.5 Å². The molecule has 0 aromatic heterocycles. The molecule has 0 saturated carbocycles. The van der Waals surface area contributed by atoms with Crippen LogP contribution in [0, 0.1) is 11.4 Å². The largest absolute Gasteiger partial charge is 0.403 e. The van der Waals surface area contributed by atoms with Crippen LogP contribution < -0.4 is 5.73 Å². The maximum atomic E-state index is 12.9. The van der Waals surface area contributed by atoms with Crippen molar-refractivity contribution in [2.45, 2.75) is 25.3 Å². The minimum absolute atomic E-state index is 0.000489. The summed E-state index contributed by atoms with van der Waals surface area (Å²) in [5, 5.41) is 9.02. The third-order valence-corrected chi connectivity index (χ3v) is 4.87. The summed E-state index contributed by atoms with van der Waals surface area (Å²) in [7, 11) is 0. The molecule has 3 N–H and O–H groups in total. The van der Waals surface area contributed by atoms with Gasteiger partial charge in [0.25, 0.3) is 5.91 Å². The van der Waals surface area contributed by atoms with E-state index in [0.29, 0.717) is 32.4 Å². The van der Waals surface area contributed by atoms with E-state index in [0.717, 1.165) is 11.8 Å². The molecule has 1 aromatic rings. The molecule has 0 spiro atoms. The summed E-state index contributed by atoms with van der Waals surface area (Å²) in [5.41, 5.74) is 13.3. The summed E-state index contributed by atoms with van der Waals surface area (Å²) < 4.78 is 0. The van der Waals surface area contributed by atoms with Crippen LogP contribution in [0.4, 0.5) is 0 Å². The minimum Gasteiger partial charge on any atom is -0.403 e. The van der Waals surface area contributed by atoms with Gasteiger partial charge in [-0.3, -0.25) is 9.59 Å². The molecule has 3 rings (SSSR count). The molecule has 1 saturated heterocycles. The summed E-state index contributed by atoms with van der Waals surface area (Å²) in [4.78, 5) is 26.7. The number of nitrogens with two attached hydrogens (primary N) is 1. The first-order chi connectivity index (χ1) is 12.7. The van der Waals surface area contributed by atoms with Crippen molar-refractivity contribution in [1.29, 1.82) is 5.53 Å². The number of carbonyl (C=O) groups is 2. The van der Waals surface area contributed by atoms with Crippen LogP contribution in [0.3, 0.4) is 0 Å². The van der Waals surface area contributed by atoms with Gasteiger partial charge in [-0.15, -0.1) is 0 Å². The van der Waals surface area contributed by atoms with Crippen LogP contribution in [0.1, 0.15) is 30.9 Å². The first kappa shape index (κ1) is 17.8. The van der Waals surface area contributed by atoms with Crippen molar-refractivity contribution >= 4 is 18.0 Å². The van der Waals surface area contributed by atoms with Crippen molar-refractivity contribution in [3.05, 3.63) is 47.8 Å². The lowest BCUT2D eigenvalue weighted by Gasteiger charge is -2.33. The van der Waals surface area contributed by atoms with Gasteiger partial charge < -0.3 is 10.6 Å². The molecule has 2 heterocycles. The molecule has 2 aliphatic rings. The number of carbonyl (C=O) groups excluding carboxylic acids is 2. The van der Waals surface area contributed by atoms with Crippen molar-refractivity contribution in [2.24, 2.45) is 21.9 Å². The molecule has 1 aromatic carbocycles. The third kappa shape index (κ3) is 3.49. The van der Waals surface area contributed by atoms with Crippen LogP contribution in [0.5, 0.6) is 0 Å². The summed E-state index contributed by atoms with van der Waals surface area (Å²) >= 11 is 0. The molecule has 1 fully saturated rings. The lowest BCUT2D eigenvalue weighted by molar-refractivity contribution is -0.141. The minimum atomic E-state index is -0.366. The van der Waals surface area contributed by atoms with Gasteiger partial charge in [-0.2, -0.15) is 10.2 Å². The van der Waals surface area contributed by atoms with Crippen molar-refractivity contribution < 1.29 is 9.59 Å². The fourth-order valence-electron chi connectivity index (χ4n) is 3.41. The molecule has 0 radical (unpaired) electrons. The number of nitrogens with zero attached hydrogens (tertiary/aromatic N) is 4. The van der Waals surface area contributed by atoms with Crippen molar-refractivity contribution in [2.75, 3.05) is 13.1 Å². The molecule has 2 aliphatic heterocycles. The predicted molar refractivity (Wildman–Crippen MR) is 95.9 cm³/mol. The first-order valence-electron chi connectivity index (χ1n) is 8.64. The van der Waals surface area contributed by atoms with Crippen LogP contribution in [-0.2, 0) is 9.59 Å². The fraction of sp³-hybridized carbons (Fsp3) is 0.389. The molecule has 1 unspecified atom stereocenters. The summed E-state index contributed by atoms with van der Waals surface area (Å²) in [5.74, 6) is -0.534. The van der Waals surface area contributed by atoms with Gasteiger partial charge in [-0.25, -0.2) is 10.5 Å². The Hall–Kier alpha value is -3.03. The second-order valence-electron chi connectivity index (χ2n) is 6.37. The number of hydrazone groups is 1. The maximum Gasteiger partial charge on any atom is 0.275 e. The molecule has 8 heteroatoms. The fourth-order valence-corrected chi connectivity index (χ4v) is 3.41. The number of piperidine rings is 1. The van der Waals surface area contributed by atoms with Crippen LogP contribution in [0.2, 0.25) is 0 Å². The third-order valence-electron chi connectivity index (χ3n) is 4.87. The molecule has 26 heavy (non-hydrogen) atoms. The highest BCUT2D eigenvalue weighted by atomic mass is 16.2. The zero-order valence-electron chi connectivity index (χ0n) is 14.4. The van der Waals surface area contributed by atoms with E-state index in [1.165, 1.54) is 0 Å². The SMILES string of the molecule is N=N/C(=C\N)C(=O)N1CCC(C(=O)N2N=CCC2c2ccccc2)CC1. The molecule has 0 aliphatic carbocycles. The van der Waals surface area contributed by atoms with Gasteiger partial charge in [-0.1, -0.05) is 30.3 Å². The summed E-state index contributed by atoms with van der Waals surface area (Å²) in [6.07, 6.45) is 4.66. The topological polar surface area (TPSA) is 115 Å². The van der Waals surface area contributed by atoms with Gasteiger partial charge in [0.05, 0.1) is 6.04 Å². The number of rotatable bonds is 4. The van der Waals surface area contributed by atoms with E-state index in [2.05, 4.69) is 10.2 Å². The second kappa shape index (κ2) is 7.90. The van der Waals surface area contributed by atoms with E-state index < -0.39 is 0 Å². The standard InChI is InChI=1S/C18H22N6O2/c19-12-15(22-20)18(26)23-10-7-14(8-11-23)17(25)24-16(6-9-21-24)13-4-2-1-3-5-13/h1-5,9,12,14,16,20H,6-8,10-11,19H2/b15-12-,22-20?. The number of nitrogens with one attached hydrogen (secondary N) is 1. The molecule has 0 bridgehead atoms. The van der Waals surface area contributed by atoms with Crippen LogP contribution >= 0.6 is 0 Å². The zero-order chi connectivity index (χ0) is 18.5. The maximum absolute atomic E-state index is 12.9. The Morgan fingerprint density at radius 1 is 1.23 bits per heavy atom. The van der Waals surface area contributed by atoms with E-state index in [1.54, 1.807) is 16.1 Å². The zero-order valence-corrected chi connectivity index (χ0v) is 14.4. The van der Waals surface area contributed by atoms with Crippen LogP contribution in [0.25, 0.3) is 0 Å². The highest BCUT2D eigenvalue weighted by Crippen LogP contribution is 2.31. The van der Waals surface area contributed by atoms with E-state index >= 15 is 0 Å². The Labute approximate surface area is 151 Å². The van der Waals surface area contributed by atoms with Gasteiger partial charge in [0, 0.05) is 37.8 Å². The molecular formula is C18H22N6O2. The molecular weight excluding hydrogens is 332 g/mol. The number of likely N-dealkylation sites (tertiary alicyclic amines) is 1. The van der Waals surface area contributed by atoms with Crippen LogP contribution in [0.15, 0.2) is 52.4 Å². The lowest BCUT2D eigenvalue weighted by Crippen LogP contribution is -2.43. The van der Waals surface area contributed by atoms with Gasteiger partial charge in [0.1, 0.15) is 0 Å². The van der Waals surface area contributed by atoms with E-state index in [9.17, 15) is 9.59 Å². The second-order valence-corrected chi connectivity index (χ2v) is 6.37. The number of benzene rings is 1. The highest BCUT2D eigenvalue weighted by molar-refractivity contribution is 5.93. The Morgan fingerprint density at radius 2 is 1.92 bits per heavy atom. The normalized spacial score (nSPS) is 21.1. The summed E-state index contributed by atoms with van der Waals surface area (Å²) in [6.45, 7) is 0.880. The van der Waals surface area contributed by atoms with E-state index in [4.69, 9.17) is 11.3 Å². The summed E-state index contributed by atoms with van der Waals surface area (Å²) in [6, 6.07) is 9.82. The molecule has 1 atom stereocenters. The Kier molecular flexibility index (Phi) is 5.40. The monoisotopic (exact) mass is 354 g/mol.